The molecule has 0 saturated carbocycles. The minimum Gasteiger partial charge on any atom is -0.453 e. The van der Waals surface area contributed by atoms with Crippen LogP contribution in [0.3, 0.4) is 0 Å². The van der Waals surface area contributed by atoms with Gasteiger partial charge in [0, 0.05) is 11.1 Å². The van der Waals surface area contributed by atoms with Crippen molar-refractivity contribution in [3.05, 3.63) is 83.9 Å². The maximum absolute atomic E-state index is 13.1. The first-order valence-corrected chi connectivity index (χ1v) is 15.5. The number of aromatic nitrogens is 4. The number of carbonyl (C=O) groups excluding carboxylic acids is 2. The maximum Gasteiger partial charge on any atom is 0.412 e. The number of hydrogen-bond donors (Lipinski definition) is 6. The number of esters is 1. The quantitative estimate of drug-likeness (QED) is 0.0805. The second-order valence-corrected chi connectivity index (χ2v) is 12.4. The standard InChI is InChI=1S/C24H24N6O11P2/c25-21-17-22(27-11-26-21)30(12-28-17)23-19(32)20(16(40-23)10-39-43(37,38)29-42(34,35)36)41-24(33)15-8-6-14(7-9-15)18(31)13-4-2-1-3-5-13/h1-9,11-12,16,19-20,23,32H,10H2,(H2,25,26,27)(H4,29,34,35,36,37,38)/t16-,19-,20-,23-/m1/s1. The Morgan fingerprint density at radius 2 is 1.63 bits per heavy atom. The number of nitrogens with zero attached hydrogens (tertiary/aromatic N) is 4. The van der Waals surface area contributed by atoms with Crippen LogP contribution in [0.25, 0.3) is 11.2 Å². The molecule has 0 spiro atoms. The summed E-state index contributed by atoms with van der Waals surface area (Å²) in [6.45, 7) is -0.861. The molecule has 1 saturated heterocycles. The van der Waals surface area contributed by atoms with E-state index in [1.807, 2.05) is 0 Å². The summed E-state index contributed by atoms with van der Waals surface area (Å²) in [6.07, 6.45) is -3.53. The van der Waals surface area contributed by atoms with Gasteiger partial charge in [0.25, 0.3) is 0 Å². The first-order valence-electron chi connectivity index (χ1n) is 12.3. The van der Waals surface area contributed by atoms with Gasteiger partial charge in [-0.2, -0.15) is 0 Å². The average Bonchev–Trinajstić information content (AvgIpc) is 3.52. The molecule has 0 aliphatic carbocycles. The van der Waals surface area contributed by atoms with Gasteiger partial charge in [-0.05, 0) is 12.1 Å². The number of nitrogens with one attached hydrogen (secondary N) is 1. The number of anilines is 1. The zero-order chi connectivity index (χ0) is 30.9. The van der Waals surface area contributed by atoms with Crippen molar-refractivity contribution in [2.24, 2.45) is 0 Å². The number of ketones is 1. The minimum atomic E-state index is -5.18. The minimum absolute atomic E-state index is 0.00419. The van der Waals surface area contributed by atoms with E-state index in [1.54, 1.807) is 30.3 Å². The largest absolute Gasteiger partial charge is 0.453 e. The zero-order valence-corrected chi connectivity index (χ0v) is 23.6. The Kier molecular flexibility index (Phi) is 8.54. The van der Waals surface area contributed by atoms with Crippen molar-refractivity contribution in [2.75, 3.05) is 12.3 Å². The van der Waals surface area contributed by atoms with Gasteiger partial charge in [-0.3, -0.25) is 13.9 Å². The van der Waals surface area contributed by atoms with Crippen molar-refractivity contribution in [3.8, 4) is 0 Å². The highest BCUT2D eigenvalue weighted by Crippen LogP contribution is 2.49. The Morgan fingerprint density at radius 1 is 0.977 bits per heavy atom. The number of fused-ring (bicyclic) bond motifs is 1. The molecule has 1 unspecified atom stereocenters. The molecular formula is C24H24N6O11P2. The lowest BCUT2D eigenvalue weighted by Gasteiger charge is -2.22. The summed E-state index contributed by atoms with van der Waals surface area (Å²) in [5.74, 6) is -1.17. The fourth-order valence-electron chi connectivity index (χ4n) is 4.36. The first kappa shape index (κ1) is 30.6. The molecule has 226 valence electrons. The molecule has 19 heteroatoms. The summed E-state index contributed by atoms with van der Waals surface area (Å²) in [7, 11) is -10.3. The molecule has 3 heterocycles. The van der Waals surface area contributed by atoms with E-state index in [-0.39, 0.29) is 28.3 Å². The number of ether oxygens (including phenoxy) is 2. The lowest BCUT2D eigenvalue weighted by Crippen LogP contribution is -2.38. The van der Waals surface area contributed by atoms with E-state index in [0.29, 0.717) is 11.1 Å². The van der Waals surface area contributed by atoms with Crippen LogP contribution in [0.5, 0.6) is 0 Å². The van der Waals surface area contributed by atoms with Gasteiger partial charge in [-0.1, -0.05) is 42.5 Å². The van der Waals surface area contributed by atoms with Gasteiger partial charge >= 0.3 is 21.5 Å². The van der Waals surface area contributed by atoms with E-state index in [2.05, 4.69) is 15.0 Å². The normalized spacial score (nSPS) is 21.9. The van der Waals surface area contributed by atoms with Crippen LogP contribution in [-0.4, -0.2) is 76.0 Å². The number of imidazole rings is 1. The topological polar surface area (TPSA) is 259 Å². The Hall–Kier alpha value is -3.89. The third kappa shape index (κ3) is 6.86. The number of nitrogens with two attached hydrogens (primary N) is 1. The van der Waals surface area contributed by atoms with Crippen LogP contribution in [0.2, 0.25) is 0 Å². The molecule has 2 aromatic heterocycles. The second-order valence-electron chi connectivity index (χ2n) is 9.24. The lowest BCUT2D eigenvalue weighted by atomic mass is 10.0. The average molecular weight is 634 g/mol. The van der Waals surface area contributed by atoms with Gasteiger partial charge in [0.2, 0.25) is 0 Å². The molecule has 5 rings (SSSR count). The molecule has 5 atom stereocenters. The molecule has 0 radical (unpaired) electrons. The number of nitrogen functional groups attached to an aromatic ring is 1. The Morgan fingerprint density at radius 3 is 2.30 bits per heavy atom. The van der Waals surface area contributed by atoms with Gasteiger partial charge in [-0.25, -0.2) is 28.9 Å². The first-order chi connectivity index (χ1) is 20.3. The van der Waals surface area contributed by atoms with Crippen molar-refractivity contribution in [1.29, 1.82) is 0 Å². The van der Waals surface area contributed by atoms with Crippen LogP contribution in [0.4, 0.5) is 5.82 Å². The maximum atomic E-state index is 13.1. The van der Waals surface area contributed by atoms with Crippen LogP contribution >= 0.6 is 15.5 Å². The Balaban J connectivity index is 1.38. The van der Waals surface area contributed by atoms with E-state index in [1.165, 1.54) is 35.2 Å². The summed E-state index contributed by atoms with van der Waals surface area (Å²) in [5.41, 5.74) is 6.92. The van der Waals surface area contributed by atoms with E-state index >= 15 is 0 Å². The molecule has 0 bridgehead atoms. The zero-order valence-electron chi connectivity index (χ0n) is 21.8. The van der Waals surface area contributed by atoms with E-state index in [0.717, 1.165) is 11.2 Å². The van der Waals surface area contributed by atoms with Gasteiger partial charge in [0.15, 0.2) is 29.6 Å². The van der Waals surface area contributed by atoms with Gasteiger partial charge in [0.1, 0.15) is 24.1 Å². The van der Waals surface area contributed by atoms with E-state index in [9.17, 15) is 28.7 Å². The molecular weight excluding hydrogens is 610 g/mol. The molecule has 17 nitrogen and oxygen atoms in total. The van der Waals surface area contributed by atoms with Crippen LogP contribution in [0.15, 0.2) is 67.3 Å². The summed E-state index contributed by atoms with van der Waals surface area (Å²) < 4.78 is 40.7. The number of carbonyl (C=O) groups is 2. The molecule has 7 N–H and O–H groups in total. The molecule has 43 heavy (non-hydrogen) atoms. The molecule has 1 fully saturated rings. The lowest BCUT2D eigenvalue weighted by molar-refractivity contribution is -0.0502. The number of aliphatic hydroxyl groups excluding tert-OH is 1. The SMILES string of the molecule is Nc1ncnc2c1ncn2[C@@H]1O[C@H](COP(=O)(O)NP(=O)(O)O)[C@@H](OC(=O)c2ccc(C(=O)c3ccccc3)cc2)[C@H]1O. The summed E-state index contributed by atoms with van der Waals surface area (Å²) in [5, 5.41) is 11.2. The molecule has 4 aromatic rings. The van der Waals surface area contributed by atoms with Crippen LogP contribution in [0, 0.1) is 0 Å². The van der Waals surface area contributed by atoms with Gasteiger partial charge in [-0.15, -0.1) is 4.86 Å². The summed E-state index contributed by atoms with van der Waals surface area (Å²) >= 11 is 0. The fourth-order valence-corrected chi connectivity index (χ4v) is 6.26. The Labute approximate surface area is 242 Å². The number of hydrogen-bond acceptors (Lipinski definition) is 12. The molecule has 1 aliphatic rings. The highest BCUT2D eigenvalue weighted by atomic mass is 31.3. The summed E-state index contributed by atoms with van der Waals surface area (Å²) in [6, 6.07) is 14.0. The van der Waals surface area contributed by atoms with Crippen LogP contribution < -0.4 is 10.6 Å². The predicted molar refractivity (Wildman–Crippen MR) is 146 cm³/mol. The highest BCUT2D eigenvalue weighted by molar-refractivity contribution is 7.66. The summed E-state index contributed by atoms with van der Waals surface area (Å²) in [4.78, 5) is 66.8. The fraction of sp³-hybridized carbons (Fsp3) is 0.208. The second kappa shape index (κ2) is 12.0. The number of rotatable bonds is 10. The smallest absolute Gasteiger partial charge is 0.412 e. The van der Waals surface area contributed by atoms with Crippen molar-refractivity contribution in [2.45, 2.75) is 24.5 Å². The van der Waals surface area contributed by atoms with Crippen LogP contribution in [-0.2, 0) is 23.1 Å². The number of aliphatic hydroxyl groups is 1. The van der Waals surface area contributed by atoms with Crippen molar-refractivity contribution >= 4 is 44.2 Å². The van der Waals surface area contributed by atoms with E-state index in [4.69, 9.17) is 29.5 Å². The number of benzene rings is 2. The van der Waals surface area contributed by atoms with Crippen molar-refractivity contribution < 1.29 is 52.5 Å². The van der Waals surface area contributed by atoms with Crippen molar-refractivity contribution in [1.82, 2.24) is 24.4 Å². The van der Waals surface area contributed by atoms with Gasteiger partial charge in [0.05, 0.1) is 18.5 Å². The Bertz CT molecular complexity index is 1750. The molecule has 0 amide bonds. The molecule has 2 aromatic carbocycles. The predicted octanol–water partition coefficient (Wildman–Crippen LogP) is 0.923. The highest BCUT2D eigenvalue weighted by Gasteiger charge is 2.49. The third-order valence-corrected chi connectivity index (χ3v) is 8.86. The monoisotopic (exact) mass is 634 g/mol. The third-order valence-electron chi connectivity index (χ3n) is 6.30. The van der Waals surface area contributed by atoms with E-state index < -0.39 is 52.6 Å². The van der Waals surface area contributed by atoms with Crippen LogP contribution in [0.1, 0.15) is 32.5 Å². The van der Waals surface area contributed by atoms with Crippen molar-refractivity contribution in [3.63, 3.8) is 0 Å². The molecule has 1 aliphatic heterocycles. The van der Waals surface area contributed by atoms with Gasteiger partial charge < -0.3 is 35.0 Å².